The molecule has 0 saturated heterocycles. The maximum atomic E-state index is 11.0. The number of hydrogen-bond donors (Lipinski definition) is 1. The highest BCUT2D eigenvalue weighted by Crippen LogP contribution is 2.24. The van der Waals surface area contributed by atoms with Gasteiger partial charge in [0.25, 0.3) is 0 Å². The summed E-state index contributed by atoms with van der Waals surface area (Å²) in [5.41, 5.74) is 3.55. The first-order chi connectivity index (χ1) is 6.77. The molecule has 0 radical (unpaired) electrons. The van der Waals surface area contributed by atoms with Gasteiger partial charge in [0.2, 0.25) is 5.91 Å². The smallest absolute Gasteiger partial charge is 0.224 e. The molecular formula is C12H17NO. The van der Waals surface area contributed by atoms with Crippen LogP contribution in [0.25, 0.3) is 0 Å². The third kappa shape index (κ3) is 2.13. The molecule has 0 atom stereocenters. The van der Waals surface area contributed by atoms with E-state index in [0.29, 0.717) is 6.42 Å². The third-order valence-corrected chi connectivity index (χ3v) is 2.29. The van der Waals surface area contributed by atoms with E-state index in [1.807, 2.05) is 26.0 Å². The zero-order chi connectivity index (χ0) is 10.6. The van der Waals surface area contributed by atoms with Crippen molar-refractivity contribution in [2.75, 3.05) is 5.32 Å². The van der Waals surface area contributed by atoms with Crippen LogP contribution in [0.15, 0.2) is 18.2 Å². The van der Waals surface area contributed by atoms with E-state index in [4.69, 9.17) is 0 Å². The minimum absolute atomic E-state index is 0.133. The van der Waals surface area contributed by atoms with Crippen molar-refractivity contribution in [3.63, 3.8) is 0 Å². The Morgan fingerprint density at radius 1 is 1.21 bits per heavy atom. The van der Waals surface area contributed by atoms with Gasteiger partial charge >= 0.3 is 0 Å². The lowest BCUT2D eigenvalue weighted by Gasteiger charge is -2.18. The van der Waals surface area contributed by atoms with Crippen LogP contribution < -0.4 is 5.32 Å². The number of aryl methyl sites for hydroxylation is 1. The molecule has 76 valence electrons. The van der Waals surface area contributed by atoms with Crippen molar-refractivity contribution in [2.45, 2.75) is 33.6 Å². The summed E-state index contributed by atoms with van der Waals surface area (Å²) in [6.07, 6.45) is 1.51. The summed E-state index contributed by atoms with van der Waals surface area (Å²) in [5.74, 6) is 0.133. The minimum atomic E-state index is 0.133. The predicted octanol–water partition coefficient (Wildman–Crippen LogP) is 2.91. The standard InChI is InChI=1S/C10H11NO.C2H6/c1-7-3-2-4-9-8(7)5-6-10(12)11-9;1-2/h2-4H,5-6H2,1H3,(H,11,12);1-2H3. The Morgan fingerprint density at radius 2 is 1.93 bits per heavy atom. The largest absolute Gasteiger partial charge is 0.326 e. The van der Waals surface area contributed by atoms with Crippen LogP contribution in [0.4, 0.5) is 5.69 Å². The van der Waals surface area contributed by atoms with Crippen molar-refractivity contribution in [1.82, 2.24) is 0 Å². The molecule has 0 unspecified atom stereocenters. The van der Waals surface area contributed by atoms with Crippen molar-refractivity contribution < 1.29 is 4.79 Å². The van der Waals surface area contributed by atoms with E-state index in [1.165, 1.54) is 11.1 Å². The fraction of sp³-hybridized carbons (Fsp3) is 0.417. The number of fused-ring (bicyclic) bond motifs is 1. The zero-order valence-electron chi connectivity index (χ0n) is 9.05. The topological polar surface area (TPSA) is 29.1 Å². The van der Waals surface area contributed by atoms with E-state index in [2.05, 4.69) is 18.3 Å². The maximum Gasteiger partial charge on any atom is 0.224 e. The van der Waals surface area contributed by atoms with Gasteiger partial charge < -0.3 is 5.32 Å². The van der Waals surface area contributed by atoms with Crippen LogP contribution >= 0.6 is 0 Å². The SMILES string of the molecule is CC.Cc1cccc2c1CCC(=O)N2. The van der Waals surface area contributed by atoms with Crippen LogP contribution in [0.1, 0.15) is 31.4 Å². The Bertz CT molecular complexity index is 331. The fourth-order valence-electron chi connectivity index (χ4n) is 1.60. The van der Waals surface area contributed by atoms with Crippen LogP contribution in [0.2, 0.25) is 0 Å². The summed E-state index contributed by atoms with van der Waals surface area (Å²) in [4.78, 5) is 11.0. The normalized spacial score (nSPS) is 13.5. The number of amides is 1. The second kappa shape index (κ2) is 4.80. The van der Waals surface area contributed by atoms with Gasteiger partial charge in [0.15, 0.2) is 0 Å². The molecule has 0 fully saturated rings. The lowest BCUT2D eigenvalue weighted by Crippen LogP contribution is -2.19. The molecule has 1 N–H and O–H groups in total. The van der Waals surface area contributed by atoms with Crippen molar-refractivity contribution in [3.05, 3.63) is 29.3 Å². The van der Waals surface area contributed by atoms with Gasteiger partial charge in [0.05, 0.1) is 0 Å². The van der Waals surface area contributed by atoms with Crippen molar-refractivity contribution in [1.29, 1.82) is 0 Å². The number of hydrogen-bond acceptors (Lipinski definition) is 1. The Balaban J connectivity index is 0.000000461. The van der Waals surface area contributed by atoms with Crippen LogP contribution in [-0.4, -0.2) is 5.91 Å². The van der Waals surface area contributed by atoms with Gasteiger partial charge in [-0.25, -0.2) is 0 Å². The molecule has 0 saturated carbocycles. The van der Waals surface area contributed by atoms with Crippen LogP contribution in [-0.2, 0) is 11.2 Å². The molecule has 0 spiro atoms. The number of benzene rings is 1. The molecule has 1 aromatic carbocycles. The van der Waals surface area contributed by atoms with Crippen molar-refractivity contribution in [3.8, 4) is 0 Å². The van der Waals surface area contributed by atoms with Gasteiger partial charge in [-0.3, -0.25) is 4.79 Å². The average molecular weight is 191 g/mol. The number of carbonyl (C=O) groups excluding carboxylic acids is 1. The third-order valence-electron chi connectivity index (χ3n) is 2.29. The van der Waals surface area contributed by atoms with E-state index in [0.717, 1.165) is 12.1 Å². The van der Waals surface area contributed by atoms with Crippen molar-refractivity contribution in [2.24, 2.45) is 0 Å². The molecule has 14 heavy (non-hydrogen) atoms. The van der Waals surface area contributed by atoms with Crippen LogP contribution in [0.5, 0.6) is 0 Å². The first-order valence-corrected chi connectivity index (χ1v) is 5.16. The summed E-state index contributed by atoms with van der Waals surface area (Å²) in [6.45, 7) is 6.08. The molecule has 1 aliphatic heterocycles. The molecule has 0 aromatic heterocycles. The van der Waals surface area contributed by atoms with E-state index in [1.54, 1.807) is 0 Å². The van der Waals surface area contributed by atoms with E-state index < -0.39 is 0 Å². The number of carbonyl (C=O) groups is 1. The first kappa shape index (κ1) is 10.8. The van der Waals surface area contributed by atoms with Crippen LogP contribution in [0, 0.1) is 6.92 Å². The summed E-state index contributed by atoms with van der Waals surface area (Å²) in [7, 11) is 0. The molecule has 2 rings (SSSR count). The fourth-order valence-corrected chi connectivity index (χ4v) is 1.60. The second-order valence-corrected chi connectivity index (χ2v) is 3.15. The lowest BCUT2D eigenvalue weighted by molar-refractivity contribution is -0.116. The van der Waals surface area contributed by atoms with Gasteiger partial charge in [0, 0.05) is 12.1 Å². The van der Waals surface area contributed by atoms with E-state index in [-0.39, 0.29) is 5.91 Å². The van der Waals surface area contributed by atoms with Gasteiger partial charge in [-0.1, -0.05) is 26.0 Å². The lowest BCUT2D eigenvalue weighted by atomic mass is 9.98. The Labute approximate surface area is 85.3 Å². The molecule has 2 nitrogen and oxygen atoms in total. The van der Waals surface area contributed by atoms with Gasteiger partial charge in [-0.05, 0) is 30.5 Å². The quantitative estimate of drug-likeness (QED) is 0.671. The van der Waals surface area contributed by atoms with Crippen molar-refractivity contribution >= 4 is 11.6 Å². The van der Waals surface area contributed by atoms with Crippen LogP contribution in [0.3, 0.4) is 0 Å². The molecular weight excluding hydrogens is 174 g/mol. The molecule has 1 amide bonds. The Hall–Kier alpha value is -1.31. The summed E-state index contributed by atoms with van der Waals surface area (Å²) >= 11 is 0. The average Bonchev–Trinajstić information content (AvgIpc) is 2.21. The first-order valence-electron chi connectivity index (χ1n) is 5.16. The summed E-state index contributed by atoms with van der Waals surface area (Å²) in [5, 5.41) is 2.86. The summed E-state index contributed by atoms with van der Waals surface area (Å²) in [6, 6.07) is 6.01. The molecule has 1 heterocycles. The molecule has 0 bridgehead atoms. The number of rotatable bonds is 0. The molecule has 0 aliphatic carbocycles. The second-order valence-electron chi connectivity index (χ2n) is 3.15. The van der Waals surface area contributed by atoms with Gasteiger partial charge in [0.1, 0.15) is 0 Å². The highest BCUT2D eigenvalue weighted by molar-refractivity contribution is 5.94. The highest BCUT2D eigenvalue weighted by atomic mass is 16.1. The zero-order valence-corrected chi connectivity index (χ0v) is 9.05. The highest BCUT2D eigenvalue weighted by Gasteiger charge is 2.14. The number of anilines is 1. The monoisotopic (exact) mass is 191 g/mol. The number of nitrogens with one attached hydrogen (secondary N) is 1. The summed E-state index contributed by atoms with van der Waals surface area (Å²) < 4.78 is 0. The Kier molecular flexibility index (Phi) is 3.69. The Morgan fingerprint density at radius 3 is 2.64 bits per heavy atom. The van der Waals surface area contributed by atoms with Gasteiger partial charge in [-0.2, -0.15) is 0 Å². The van der Waals surface area contributed by atoms with E-state index >= 15 is 0 Å². The minimum Gasteiger partial charge on any atom is -0.326 e. The predicted molar refractivity (Wildman–Crippen MR) is 59.5 cm³/mol. The molecule has 2 heteroatoms. The maximum absolute atomic E-state index is 11.0. The molecule has 1 aromatic rings. The van der Waals surface area contributed by atoms with E-state index in [9.17, 15) is 4.79 Å². The molecule has 1 aliphatic rings. The van der Waals surface area contributed by atoms with Gasteiger partial charge in [-0.15, -0.1) is 0 Å².